The molecule has 21 heavy (non-hydrogen) atoms. The number of carbonyl (C=O) groups excluding carboxylic acids is 1. The molecule has 1 aliphatic heterocycles. The maximum Gasteiger partial charge on any atom is 0.272 e. The van der Waals surface area contributed by atoms with Crippen molar-refractivity contribution in [2.45, 2.75) is 66.4 Å². The molecule has 0 radical (unpaired) electrons. The van der Waals surface area contributed by atoms with Gasteiger partial charge in [-0.05, 0) is 19.3 Å². The summed E-state index contributed by atoms with van der Waals surface area (Å²) in [6, 6.07) is -0.326. The van der Waals surface area contributed by atoms with Gasteiger partial charge < -0.3 is 14.8 Å². The lowest BCUT2D eigenvalue weighted by atomic mass is 9.94. The Hall–Kier alpha value is -0.000000000000000111. The second kappa shape index (κ2) is 5.89. The van der Waals surface area contributed by atoms with Crippen molar-refractivity contribution in [3.05, 3.63) is 12.2 Å². The van der Waals surface area contributed by atoms with Crippen molar-refractivity contribution in [1.29, 1.82) is 0 Å². The van der Waals surface area contributed by atoms with E-state index >= 15 is 0 Å². The summed E-state index contributed by atoms with van der Waals surface area (Å²) in [4.78, 5) is 11.9. The smallest absolute Gasteiger partial charge is 0.272 e. The molecule has 3 rings (SSSR count). The lowest BCUT2D eigenvalue weighted by Gasteiger charge is -2.32. The van der Waals surface area contributed by atoms with E-state index in [0.29, 0.717) is 0 Å². The summed E-state index contributed by atoms with van der Waals surface area (Å²) in [7, 11) is 0. The van der Waals surface area contributed by atoms with Crippen LogP contribution in [0.5, 0.6) is 0 Å². The Morgan fingerprint density at radius 3 is 2.57 bits per heavy atom. The van der Waals surface area contributed by atoms with Crippen molar-refractivity contribution in [3.8, 4) is 0 Å². The minimum atomic E-state index is -1.97. The van der Waals surface area contributed by atoms with E-state index in [9.17, 15) is 4.79 Å². The van der Waals surface area contributed by atoms with E-state index < -0.39 is 15.5 Å². The van der Waals surface area contributed by atoms with Crippen LogP contribution in [-0.2, 0) is 14.3 Å². The van der Waals surface area contributed by atoms with E-state index in [-0.39, 0.29) is 18.2 Å². The van der Waals surface area contributed by atoms with E-state index in [1.807, 2.05) is 12.2 Å². The molecule has 2 fully saturated rings. The lowest BCUT2D eigenvalue weighted by molar-refractivity contribution is -0.194. The SMILES string of the molecule is O=C(N[C@@H]1C=CC[C@H]2OC3(CCCCC3)O[C@@H]12)C(Cl)(Cl)Cl. The van der Waals surface area contributed by atoms with Crippen LogP contribution in [0.3, 0.4) is 0 Å². The van der Waals surface area contributed by atoms with E-state index in [1.54, 1.807) is 0 Å². The molecule has 1 saturated heterocycles. The number of hydrogen-bond acceptors (Lipinski definition) is 3. The van der Waals surface area contributed by atoms with Gasteiger partial charge in [0.15, 0.2) is 5.79 Å². The standard InChI is InChI=1S/C14H18Cl3NO3/c15-14(16,17)12(19)18-9-5-4-6-10-11(9)21-13(20-10)7-2-1-3-8-13/h4-5,9-11H,1-3,6-8H2,(H,18,19)/t9-,10-,11+/m1/s1. The Bertz CT molecular complexity index is 443. The van der Waals surface area contributed by atoms with Gasteiger partial charge in [0.25, 0.3) is 9.70 Å². The number of alkyl halides is 3. The summed E-state index contributed by atoms with van der Waals surface area (Å²) in [5.41, 5.74) is 0. The zero-order valence-electron chi connectivity index (χ0n) is 11.5. The molecule has 0 aromatic heterocycles. The second-order valence-corrected chi connectivity index (χ2v) is 8.15. The fourth-order valence-corrected chi connectivity index (χ4v) is 3.50. The Morgan fingerprint density at radius 1 is 1.19 bits per heavy atom. The van der Waals surface area contributed by atoms with E-state index in [1.165, 1.54) is 6.42 Å². The van der Waals surface area contributed by atoms with Crippen LogP contribution in [0.1, 0.15) is 38.5 Å². The average Bonchev–Trinajstić information content (AvgIpc) is 2.77. The van der Waals surface area contributed by atoms with Crippen molar-refractivity contribution >= 4 is 40.7 Å². The Kier molecular flexibility index (Phi) is 4.46. The molecule has 3 atom stereocenters. The Morgan fingerprint density at radius 2 is 1.90 bits per heavy atom. The fourth-order valence-electron chi connectivity index (χ4n) is 3.34. The molecule has 118 valence electrons. The third kappa shape index (κ3) is 3.35. The van der Waals surface area contributed by atoms with Crippen LogP contribution < -0.4 is 5.32 Å². The molecule has 0 unspecified atom stereocenters. The number of amides is 1. The van der Waals surface area contributed by atoms with E-state index in [4.69, 9.17) is 44.3 Å². The molecular weight excluding hydrogens is 337 g/mol. The van der Waals surface area contributed by atoms with Crippen LogP contribution in [0.25, 0.3) is 0 Å². The van der Waals surface area contributed by atoms with Gasteiger partial charge in [0.1, 0.15) is 6.10 Å². The molecule has 1 N–H and O–H groups in total. The highest BCUT2D eigenvalue weighted by Crippen LogP contribution is 2.43. The monoisotopic (exact) mass is 353 g/mol. The van der Waals surface area contributed by atoms with Crippen LogP contribution in [-0.4, -0.2) is 33.7 Å². The first-order valence-electron chi connectivity index (χ1n) is 7.30. The first-order chi connectivity index (χ1) is 9.90. The number of nitrogens with one attached hydrogen (secondary N) is 1. The fraction of sp³-hybridized carbons (Fsp3) is 0.786. The molecule has 0 bridgehead atoms. The quantitative estimate of drug-likeness (QED) is 0.581. The number of hydrogen-bond donors (Lipinski definition) is 1. The predicted molar refractivity (Wildman–Crippen MR) is 81.5 cm³/mol. The molecule has 1 saturated carbocycles. The van der Waals surface area contributed by atoms with Gasteiger partial charge in [0.05, 0.1) is 12.1 Å². The van der Waals surface area contributed by atoms with E-state index in [2.05, 4.69) is 5.32 Å². The van der Waals surface area contributed by atoms with Crippen LogP contribution in [0.4, 0.5) is 0 Å². The van der Waals surface area contributed by atoms with Gasteiger partial charge in [0, 0.05) is 12.8 Å². The minimum Gasteiger partial charge on any atom is -0.344 e. The van der Waals surface area contributed by atoms with Gasteiger partial charge in [-0.1, -0.05) is 53.4 Å². The maximum absolute atomic E-state index is 11.9. The molecule has 4 nitrogen and oxygen atoms in total. The number of ether oxygens (including phenoxy) is 2. The van der Waals surface area contributed by atoms with Gasteiger partial charge in [0.2, 0.25) is 0 Å². The summed E-state index contributed by atoms with van der Waals surface area (Å²) < 4.78 is 10.4. The molecule has 1 spiro atoms. The van der Waals surface area contributed by atoms with Gasteiger partial charge in [-0.3, -0.25) is 4.79 Å². The van der Waals surface area contributed by atoms with Gasteiger partial charge >= 0.3 is 0 Å². The summed E-state index contributed by atoms with van der Waals surface area (Å²) in [6.45, 7) is 0. The highest BCUT2D eigenvalue weighted by Gasteiger charge is 2.51. The van der Waals surface area contributed by atoms with Crippen molar-refractivity contribution in [2.24, 2.45) is 0 Å². The first-order valence-corrected chi connectivity index (χ1v) is 8.43. The largest absolute Gasteiger partial charge is 0.344 e. The van der Waals surface area contributed by atoms with Crippen molar-refractivity contribution in [3.63, 3.8) is 0 Å². The van der Waals surface area contributed by atoms with Crippen molar-refractivity contribution in [2.75, 3.05) is 0 Å². The molecule has 1 amide bonds. The average molecular weight is 355 g/mol. The number of carbonyl (C=O) groups is 1. The van der Waals surface area contributed by atoms with Crippen LogP contribution >= 0.6 is 34.8 Å². The van der Waals surface area contributed by atoms with Crippen LogP contribution in [0.15, 0.2) is 12.2 Å². The van der Waals surface area contributed by atoms with Gasteiger partial charge in [-0.15, -0.1) is 0 Å². The first kappa shape index (κ1) is 15.9. The minimum absolute atomic E-state index is 0.0474. The van der Waals surface area contributed by atoms with Gasteiger partial charge in [-0.25, -0.2) is 0 Å². The number of rotatable bonds is 1. The zero-order chi connectivity index (χ0) is 15.1. The topological polar surface area (TPSA) is 47.6 Å². The second-order valence-electron chi connectivity index (χ2n) is 5.87. The maximum atomic E-state index is 11.9. The number of fused-ring (bicyclic) bond motifs is 1. The van der Waals surface area contributed by atoms with Gasteiger partial charge in [-0.2, -0.15) is 0 Å². The molecule has 1 heterocycles. The summed E-state index contributed by atoms with van der Waals surface area (Å²) >= 11 is 16.8. The third-order valence-electron chi connectivity index (χ3n) is 4.32. The van der Waals surface area contributed by atoms with E-state index in [0.717, 1.165) is 32.1 Å². The highest BCUT2D eigenvalue weighted by molar-refractivity contribution is 6.76. The summed E-state index contributed by atoms with van der Waals surface area (Å²) in [6.07, 6.45) is 9.64. The highest BCUT2D eigenvalue weighted by atomic mass is 35.6. The lowest BCUT2D eigenvalue weighted by Crippen LogP contribution is -2.51. The molecule has 2 aliphatic carbocycles. The molecule has 0 aromatic carbocycles. The molecule has 3 aliphatic rings. The predicted octanol–water partition coefficient (Wildman–Crippen LogP) is 3.25. The van der Waals surface area contributed by atoms with Crippen molar-refractivity contribution < 1.29 is 14.3 Å². The van der Waals surface area contributed by atoms with Crippen LogP contribution in [0.2, 0.25) is 0 Å². The molecule has 0 aromatic rings. The summed E-state index contributed by atoms with van der Waals surface area (Å²) in [5.74, 6) is -1.13. The Balaban J connectivity index is 1.70. The molecule has 7 heteroatoms. The molecular formula is C14H18Cl3NO3. The van der Waals surface area contributed by atoms with Crippen molar-refractivity contribution in [1.82, 2.24) is 5.32 Å². The summed E-state index contributed by atoms with van der Waals surface area (Å²) in [5, 5.41) is 2.73. The third-order valence-corrected chi connectivity index (χ3v) is 4.83. The Labute approximate surface area is 139 Å². The van der Waals surface area contributed by atoms with Crippen LogP contribution in [0, 0.1) is 0 Å². The zero-order valence-corrected chi connectivity index (χ0v) is 13.8. The number of halogens is 3. The normalized spacial score (nSPS) is 34.7.